The lowest BCUT2D eigenvalue weighted by Crippen LogP contribution is -2.32. The van der Waals surface area contributed by atoms with Gasteiger partial charge in [-0.05, 0) is 25.1 Å². The van der Waals surface area contributed by atoms with Gasteiger partial charge in [0, 0.05) is 4.90 Å². The minimum absolute atomic E-state index is 0.0175. The number of hydrogen-bond donors (Lipinski definition) is 2. The standard InChI is InChI=1S/C12H12FNO5S/c1-2-19-12(18)14-10(15)6-20-9-5-7(11(16)17)3-4-8(9)13/h3-5H,2,6H2,1H3,(H,16,17)(H,14,15,18). The summed E-state index contributed by atoms with van der Waals surface area (Å²) in [5, 5.41) is 10.7. The maximum Gasteiger partial charge on any atom is 0.413 e. The van der Waals surface area contributed by atoms with Crippen molar-refractivity contribution in [2.24, 2.45) is 0 Å². The summed E-state index contributed by atoms with van der Waals surface area (Å²) < 4.78 is 17.9. The molecule has 0 saturated carbocycles. The summed E-state index contributed by atoms with van der Waals surface area (Å²) in [5.74, 6) is -2.72. The zero-order valence-electron chi connectivity index (χ0n) is 10.5. The normalized spacial score (nSPS) is 9.90. The van der Waals surface area contributed by atoms with Gasteiger partial charge in [0.1, 0.15) is 5.82 Å². The number of hydrogen-bond acceptors (Lipinski definition) is 5. The molecule has 1 aromatic carbocycles. The number of halogens is 1. The first-order chi connectivity index (χ1) is 9.43. The van der Waals surface area contributed by atoms with Crippen LogP contribution in [0.4, 0.5) is 9.18 Å². The maximum atomic E-state index is 13.4. The van der Waals surface area contributed by atoms with Crippen molar-refractivity contribution >= 4 is 29.7 Å². The molecule has 0 fully saturated rings. The van der Waals surface area contributed by atoms with Crippen LogP contribution >= 0.6 is 11.8 Å². The topological polar surface area (TPSA) is 92.7 Å². The van der Waals surface area contributed by atoms with Crippen LogP contribution in [0.1, 0.15) is 17.3 Å². The molecule has 0 saturated heterocycles. The molecule has 2 N–H and O–H groups in total. The highest BCUT2D eigenvalue weighted by Crippen LogP contribution is 2.22. The summed E-state index contributed by atoms with van der Waals surface area (Å²) in [6.45, 7) is 1.72. The van der Waals surface area contributed by atoms with Crippen molar-refractivity contribution in [2.45, 2.75) is 11.8 Å². The third-order valence-electron chi connectivity index (χ3n) is 2.05. The van der Waals surface area contributed by atoms with Crippen molar-refractivity contribution in [1.29, 1.82) is 0 Å². The highest BCUT2D eigenvalue weighted by molar-refractivity contribution is 8.00. The molecule has 0 bridgehead atoms. The Balaban J connectivity index is 2.61. The van der Waals surface area contributed by atoms with Gasteiger partial charge in [0.15, 0.2) is 0 Å². The number of carbonyl (C=O) groups is 3. The summed E-state index contributed by atoms with van der Waals surface area (Å²) in [4.78, 5) is 33.1. The Labute approximate surface area is 118 Å². The Kier molecular flexibility index (Phi) is 5.98. The monoisotopic (exact) mass is 301 g/mol. The van der Waals surface area contributed by atoms with Gasteiger partial charge in [-0.25, -0.2) is 14.0 Å². The molecule has 20 heavy (non-hydrogen) atoms. The predicted molar refractivity (Wildman–Crippen MR) is 69.2 cm³/mol. The van der Waals surface area contributed by atoms with Gasteiger partial charge in [0.05, 0.1) is 17.9 Å². The average molecular weight is 301 g/mol. The highest BCUT2D eigenvalue weighted by atomic mass is 32.2. The Hall–Kier alpha value is -2.09. The second kappa shape index (κ2) is 7.49. The summed E-state index contributed by atoms with van der Waals surface area (Å²) in [6.07, 6.45) is -0.877. The quantitative estimate of drug-likeness (QED) is 0.807. The first-order valence-corrected chi connectivity index (χ1v) is 6.54. The number of thioether (sulfide) groups is 1. The Morgan fingerprint density at radius 2 is 2.10 bits per heavy atom. The number of aromatic carboxylic acids is 1. The Bertz CT molecular complexity index is 535. The van der Waals surface area contributed by atoms with Crippen molar-refractivity contribution in [3.63, 3.8) is 0 Å². The van der Waals surface area contributed by atoms with Crippen molar-refractivity contribution in [1.82, 2.24) is 5.32 Å². The summed E-state index contributed by atoms with van der Waals surface area (Å²) in [7, 11) is 0. The van der Waals surface area contributed by atoms with Crippen LogP contribution in [0.15, 0.2) is 23.1 Å². The maximum absolute atomic E-state index is 13.4. The van der Waals surface area contributed by atoms with Gasteiger partial charge in [-0.2, -0.15) is 0 Å². The van der Waals surface area contributed by atoms with Crippen LogP contribution in [-0.2, 0) is 9.53 Å². The number of imide groups is 1. The lowest BCUT2D eigenvalue weighted by molar-refractivity contribution is -0.117. The minimum Gasteiger partial charge on any atom is -0.478 e. The van der Waals surface area contributed by atoms with Gasteiger partial charge in [-0.1, -0.05) is 0 Å². The van der Waals surface area contributed by atoms with Crippen LogP contribution in [0.5, 0.6) is 0 Å². The van der Waals surface area contributed by atoms with E-state index in [4.69, 9.17) is 5.11 Å². The third kappa shape index (κ3) is 4.88. The van der Waals surface area contributed by atoms with E-state index >= 15 is 0 Å². The van der Waals surface area contributed by atoms with Crippen LogP contribution < -0.4 is 5.32 Å². The van der Waals surface area contributed by atoms with Gasteiger partial charge in [0.25, 0.3) is 0 Å². The molecule has 0 unspecified atom stereocenters. The predicted octanol–water partition coefficient (Wildman–Crippen LogP) is 1.89. The van der Waals surface area contributed by atoms with Gasteiger partial charge < -0.3 is 9.84 Å². The van der Waals surface area contributed by atoms with Crippen molar-refractivity contribution < 1.29 is 28.6 Å². The fourth-order valence-electron chi connectivity index (χ4n) is 1.21. The second-order valence-corrected chi connectivity index (χ2v) is 4.52. The molecule has 108 valence electrons. The van der Waals surface area contributed by atoms with Crippen LogP contribution in [-0.4, -0.2) is 35.4 Å². The molecule has 6 nitrogen and oxygen atoms in total. The molecule has 1 rings (SSSR count). The molecule has 0 aliphatic rings. The van der Waals surface area contributed by atoms with Crippen LogP contribution in [0.25, 0.3) is 0 Å². The summed E-state index contributed by atoms with van der Waals surface area (Å²) >= 11 is 0.789. The lowest BCUT2D eigenvalue weighted by atomic mass is 10.2. The van der Waals surface area contributed by atoms with Gasteiger partial charge >= 0.3 is 12.1 Å². The van der Waals surface area contributed by atoms with E-state index in [-0.39, 0.29) is 22.8 Å². The number of carboxylic acid groups (broad SMARTS) is 1. The molecule has 0 spiro atoms. The number of carbonyl (C=O) groups excluding carboxylic acids is 2. The van der Waals surface area contributed by atoms with E-state index in [9.17, 15) is 18.8 Å². The van der Waals surface area contributed by atoms with E-state index in [2.05, 4.69) is 4.74 Å². The molecule has 8 heteroatoms. The first kappa shape index (κ1) is 16.0. The summed E-state index contributed by atoms with van der Waals surface area (Å²) in [5.41, 5.74) is -0.0836. The van der Waals surface area contributed by atoms with Crippen LogP contribution in [0, 0.1) is 5.82 Å². The number of nitrogens with one attached hydrogen (secondary N) is 1. The molecular formula is C12H12FNO5S. The molecule has 1 aromatic rings. The van der Waals surface area contributed by atoms with Crippen molar-refractivity contribution in [3.8, 4) is 0 Å². The van der Waals surface area contributed by atoms with E-state index < -0.39 is 23.8 Å². The van der Waals surface area contributed by atoms with E-state index in [0.717, 1.165) is 30.0 Å². The zero-order valence-corrected chi connectivity index (χ0v) is 11.3. The van der Waals surface area contributed by atoms with Gasteiger partial charge in [-0.15, -0.1) is 11.8 Å². The van der Waals surface area contributed by atoms with E-state index in [1.807, 2.05) is 5.32 Å². The van der Waals surface area contributed by atoms with Gasteiger partial charge in [-0.3, -0.25) is 10.1 Å². The molecule has 0 aliphatic heterocycles. The minimum atomic E-state index is -1.19. The largest absolute Gasteiger partial charge is 0.478 e. The van der Waals surface area contributed by atoms with Crippen LogP contribution in [0.2, 0.25) is 0 Å². The van der Waals surface area contributed by atoms with E-state index in [1.165, 1.54) is 0 Å². The third-order valence-corrected chi connectivity index (χ3v) is 3.08. The SMILES string of the molecule is CCOC(=O)NC(=O)CSc1cc(C(=O)O)ccc1F. The van der Waals surface area contributed by atoms with E-state index in [1.54, 1.807) is 6.92 Å². The zero-order chi connectivity index (χ0) is 15.1. The molecular weight excluding hydrogens is 289 g/mol. The number of rotatable bonds is 5. The number of amides is 2. The fourth-order valence-corrected chi connectivity index (χ4v) is 1.98. The molecule has 0 aromatic heterocycles. The second-order valence-electron chi connectivity index (χ2n) is 3.51. The highest BCUT2D eigenvalue weighted by Gasteiger charge is 2.12. The number of carboxylic acids is 1. The number of alkyl carbamates (subject to hydrolysis) is 1. The molecule has 0 heterocycles. The fraction of sp³-hybridized carbons (Fsp3) is 0.250. The average Bonchev–Trinajstić information content (AvgIpc) is 2.37. The molecule has 2 amide bonds. The molecule has 0 atom stereocenters. The van der Waals surface area contributed by atoms with Crippen LogP contribution in [0.3, 0.4) is 0 Å². The first-order valence-electron chi connectivity index (χ1n) is 5.56. The Morgan fingerprint density at radius 3 is 2.70 bits per heavy atom. The van der Waals surface area contributed by atoms with Gasteiger partial charge in [0.2, 0.25) is 5.91 Å². The molecule has 0 radical (unpaired) electrons. The smallest absolute Gasteiger partial charge is 0.413 e. The van der Waals surface area contributed by atoms with E-state index in [0.29, 0.717) is 0 Å². The lowest BCUT2D eigenvalue weighted by Gasteiger charge is -2.05. The summed E-state index contributed by atoms with van der Waals surface area (Å²) in [6, 6.07) is 3.26. The Morgan fingerprint density at radius 1 is 1.40 bits per heavy atom. The number of benzene rings is 1. The molecule has 0 aliphatic carbocycles. The van der Waals surface area contributed by atoms with Crippen molar-refractivity contribution in [2.75, 3.05) is 12.4 Å². The number of ether oxygens (including phenoxy) is 1. The van der Waals surface area contributed by atoms with Crippen molar-refractivity contribution in [3.05, 3.63) is 29.6 Å².